The monoisotopic (exact) mass is 499 g/mol. The maximum absolute atomic E-state index is 12.9. The third kappa shape index (κ3) is 3.97. The molecule has 33 heavy (non-hydrogen) atoms. The molecule has 10 heteroatoms. The van der Waals surface area contributed by atoms with E-state index in [9.17, 15) is 4.79 Å². The van der Waals surface area contributed by atoms with Crippen molar-refractivity contribution in [2.24, 2.45) is 0 Å². The van der Waals surface area contributed by atoms with Gasteiger partial charge in [0.25, 0.3) is 5.56 Å². The number of thiazole rings is 1. The highest BCUT2D eigenvalue weighted by atomic mass is 35.5. The molecule has 5 aromatic rings. The van der Waals surface area contributed by atoms with E-state index in [4.69, 9.17) is 37.1 Å². The summed E-state index contributed by atoms with van der Waals surface area (Å²) in [6.07, 6.45) is 1.65. The molecule has 0 unspecified atom stereocenters. The first-order valence-corrected chi connectivity index (χ1v) is 11.2. The largest absolute Gasteiger partial charge is 0.493 e. The van der Waals surface area contributed by atoms with E-state index >= 15 is 0 Å². The number of rotatable bonds is 5. The van der Waals surface area contributed by atoms with E-state index in [0.29, 0.717) is 59.5 Å². The van der Waals surface area contributed by atoms with Crippen LogP contribution in [-0.2, 0) is 0 Å². The summed E-state index contributed by atoms with van der Waals surface area (Å²) < 4.78 is 18.2. The van der Waals surface area contributed by atoms with Crippen molar-refractivity contribution in [2.75, 3.05) is 14.2 Å². The van der Waals surface area contributed by atoms with E-state index in [2.05, 4.69) is 10.1 Å². The van der Waals surface area contributed by atoms with Crippen LogP contribution in [0.25, 0.3) is 33.7 Å². The lowest BCUT2D eigenvalue weighted by molar-refractivity contribution is 0.355. The molecule has 7 nitrogen and oxygen atoms in total. The first-order valence-electron chi connectivity index (χ1n) is 9.66. The number of fused-ring (bicyclic) bond motifs is 1. The molecule has 0 bridgehead atoms. The second kappa shape index (κ2) is 8.55. The van der Waals surface area contributed by atoms with Crippen LogP contribution in [0, 0.1) is 0 Å². The van der Waals surface area contributed by atoms with Gasteiger partial charge in [-0.3, -0.25) is 4.79 Å². The molecule has 0 aliphatic rings. The van der Waals surface area contributed by atoms with Crippen LogP contribution in [0.4, 0.5) is 0 Å². The number of halogens is 2. The molecular weight excluding hydrogens is 485 g/mol. The highest BCUT2D eigenvalue weighted by Crippen LogP contribution is 2.32. The summed E-state index contributed by atoms with van der Waals surface area (Å²) in [6.45, 7) is 0. The van der Waals surface area contributed by atoms with Gasteiger partial charge in [0.1, 0.15) is 16.1 Å². The Bertz CT molecular complexity index is 1610. The van der Waals surface area contributed by atoms with E-state index in [0.717, 1.165) is 0 Å². The van der Waals surface area contributed by atoms with Gasteiger partial charge in [-0.15, -0.1) is 5.10 Å². The average Bonchev–Trinajstić information content (AvgIpc) is 3.52. The molecule has 0 saturated heterocycles. The van der Waals surface area contributed by atoms with Gasteiger partial charge in [0.05, 0.1) is 19.2 Å². The van der Waals surface area contributed by atoms with Gasteiger partial charge in [-0.2, -0.15) is 9.50 Å². The van der Waals surface area contributed by atoms with Crippen molar-refractivity contribution in [2.45, 2.75) is 0 Å². The van der Waals surface area contributed by atoms with Crippen molar-refractivity contribution >= 4 is 45.6 Å². The zero-order chi connectivity index (χ0) is 23.1. The molecule has 0 aliphatic carbocycles. The summed E-state index contributed by atoms with van der Waals surface area (Å²) in [5.74, 6) is 2.62. The Morgan fingerprint density at radius 1 is 1.03 bits per heavy atom. The molecule has 0 aliphatic heterocycles. The van der Waals surface area contributed by atoms with Crippen LogP contribution in [-0.4, -0.2) is 28.8 Å². The summed E-state index contributed by atoms with van der Waals surface area (Å²) in [4.78, 5) is 17.9. The molecule has 0 spiro atoms. The standard InChI is InChI=1S/C23H15Cl2N3O4S/c1-30-18-7-3-12(9-19(18)31-2)21-26-23-28(27-21)22(29)20(33-23)11-14-5-8-17(32-14)15-10-13(24)4-6-16(15)25/h3-11H,1-2H3/b20-11-. The maximum Gasteiger partial charge on any atom is 0.291 e. The van der Waals surface area contributed by atoms with Gasteiger partial charge in [-0.1, -0.05) is 34.5 Å². The smallest absolute Gasteiger partial charge is 0.291 e. The number of furan rings is 1. The fraction of sp³-hybridized carbons (Fsp3) is 0.0870. The second-order valence-corrected chi connectivity index (χ2v) is 8.79. The number of methoxy groups -OCH3 is 2. The molecule has 0 amide bonds. The van der Waals surface area contributed by atoms with Gasteiger partial charge in [-0.05, 0) is 48.5 Å². The molecule has 0 saturated carbocycles. The van der Waals surface area contributed by atoms with Crippen molar-refractivity contribution in [3.8, 4) is 34.2 Å². The lowest BCUT2D eigenvalue weighted by atomic mass is 10.2. The van der Waals surface area contributed by atoms with Crippen molar-refractivity contribution in [1.29, 1.82) is 0 Å². The Kier molecular flexibility index (Phi) is 5.57. The normalized spacial score (nSPS) is 11.9. The second-order valence-electron chi connectivity index (χ2n) is 6.94. The van der Waals surface area contributed by atoms with Gasteiger partial charge in [-0.25, -0.2) is 0 Å². The fourth-order valence-corrected chi connectivity index (χ4v) is 4.59. The van der Waals surface area contributed by atoms with Gasteiger partial charge in [0.15, 0.2) is 17.3 Å². The molecule has 0 fully saturated rings. The third-order valence-corrected chi connectivity index (χ3v) is 6.44. The van der Waals surface area contributed by atoms with Crippen molar-refractivity contribution in [1.82, 2.24) is 14.6 Å². The highest BCUT2D eigenvalue weighted by molar-refractivity contribution is 7.15. The Labute approximate surface area is 201 Å². The summed E-state index contributed by atoms with van der Waals surface area (Å²) in [5.41, 5.74) is 1.10. The quantitative estimate of drug-likeness (QED) is 0.340. The van der Waals surface area contributed by atoms with E-state index in [-0.39, 0.29) is 5.56 Å². The molecule has 2 aromatic carbocycles. The predicted octanol–water partition coefficient (Wildman–Crippen LogP) is 4.95. The Hall–Kier alpha value is -3.33. The van der Waals surface area contributed by atoms with Crippen molar-refractivity contribution < 1.29 is 13.9 Å². The van der Waals surface area contributed by atoms with Crippen LogP contribution < -0.4 is 19.6 Å². The minimum atomic E-state index is -0.284. The number of hydrogen-bond acceptors (Lipinski definition) is 7. The zero-order valence-corrected chi connectivity index (χ0v) is 19.7. The van der Waals surface area contributed by atoms with Crippen LogP contribution in [0.15, 0.2) is 57.7 Å². The van der Waals surface area contributed by atoms with Gasteiger partial charge in [0.2, 0.25) is 4.96 Å². The number of benzene rings is 2. The van der Waals surface area contributed by atoms with Crippen LogP contribution in [0.1, 0.15) is 5.76 Å². The van der Waals surface area contributed by atoms with Crippen LogP contribution in [0.2, 0.25) is 10.0 Å². The Balaban J connectivity index is 1.51. The summed E-state index contributed by atoms with van der Waals surface area (Å²) in [5, 5.41) is 5.44. The van der Waals surface area contributed by atoms with Crippen molar-refractivity contribution in [3.63, 3.8) is 0 Å². The number of nitrogens with zero attached hydrogens (tertiary/aromatic N) is 3. The Morgan fingerprint density at radius 3 is 2.61 bits per heavy atom. The van der Waals surface area contributed by atoms with E-state index < -0.39 is 0 Å². The zero-order valence-electron chi connectivity index (χ0n) is 17.3. The minimum absolute atomic E-state index is 0.284. The topological polar surface area (TPSA) is 78.9 Å². The molecule has 5 rings (SSSR count). The van der Waals surface area contributed by atoms with E-state index in [1.54, 1.807) is 62.8 Å². The molecular formula is C23H15Cl2N3O4S. The number of hydrogen-bond donors (Lipinski definition) is 0. The van der Waals surface area contributed by atoms with Crippen LogP contribution in [0.3, 0.4) is 0 Å². The van der Waals surface area contributed by atoms with E-state index in [1.807, 2.05) is 6.07 Å². The number of aromatic nitrogens is 3. The lowest BCUT2D eigenvalue weighted by Gasteiger charge is -2.07. The summed E-state index contributed by atoms with van der Waals surface area (Å²) >= 11 is 13.5. The summed E-state index contributed by atoms with van der Waals surface area (Å²) in [7, 11) is 3.12. The van der Waals surface area contributed by atoms with Gasteiger partial charge in [0, 0.05) is 22.2 Å². The van der Waals surface area contributed by atoms with Crippen LogP contribution in [0.5, 0.6) is 11.5 Å². The van der Waals surface area contributed by atoms with E-state index in [1.165, 1.54) is 15.9 Å². The highest BCUT2D eigenvalue weighted by Gasteiger charge is 2.15. The first-order chi connectivity index (χ1) is 16.0. The predicted molar refractivity (Wildman–Crippen MR) is 129 cm³/mol. The first kappa shape index (κ1) is 21.5. The van der Waals surface area contributed by atoms with Gasteiger partial charge < -0.3 is 13.9 Å². The molecule has 0 radical (unpaired) electrons. The fourth-order valence-electron chi connectivity index (χ4n) is 3.32. The average molecular weight is 500 g/mol. The van der Waals surface area contributed by atoms with Gasteiger partial charge >= 0.3 is 0 Å². The third-order valence-electron chi connectivity index (χ3n) is 4.92. The van der Waals surface area contributed by atoms with Crippen molar-refractivity contribution in [3.05, 3.63) is 79.2 Å². The Morgan fingerprint density at radius 2 is 1.85 bits per heavy atom. The maximum atomic E-state index is 12.9. The molecule has 0 atom stereocenters. The molecule has 3 heterocycles. The summed E-state index contributed by atoms with van der Waals surface area (Å²) in [6, 6.07) is 14.0. The lowest BCUT2D eigenvalue weighted by Crippen LogP contribution is -2.23. The molecule has 3 aromatic heterocycles. The van der Waals surface area contributed by atoms with Crippen LogP contribution >= 0.6 is 34.5 Å². The SMILES string of the molecule is COc1ccc(-c2nc3s/c(=C\c4ccc(-c5cc(Cl)ccc5Cl)o4)c(=O)n3n2)cc1OC. The molecule has 0 N–H and O–H groups in total. The number of ether oxygens (including phenoxy) is 2. The molecule has 166 valence electrons. The minimum Gasteiger partial charge on any atom is -0.493 e.